The van der Waals surface area contributed by atoms with E-state index in [1.165, 1.54) is 128 Å². The molecule has 0 aromatic heterocycles. The summed E-state index contributed by atoms with van der Waals surface area (Å²) in [7, 11) is 0. The smallest absolute Gasteiger partial charge is 0.0351 e. The average molecular weight is 391 g/mol. The van der Waals surface area contributed by atoms with Crippen molar-refractivity contribution in [2.45, 2.75) is 148 Å². The Hall–Kier alpha value is -0.260. The molecule has 0 heterocycles. The zero-order valence-corrected chi connectivity index (χ0v) is 19.7. The molecule has 0 aliphatic rings. The van der Waals surface area contributed by atoms with Gasteiger partial charge in [0, 0.05) is 0 Å². The molecule has 0 aliphatic heterocycles. The lowest BCUT2D eigenvalue weighted by atomic mass is 9.90. The van der Waals surface area contributed by atoms with Crippen LogP contribution in [0.1, 0.15) is 148 Å². The molecular formula is C28H54. The molecule has 0 heteroatoms. The number of rotatable bonds is 23. The van der Waals surface area contributed by atoms with E-state index >= 15 is 0 Å². The van der Waals surface area contributed by atoms with E-state index in [2.05, 4.69) is 32.9 Å². The average Bonchev–Trinajstić information content (AvgIpc) is 2.71. The Morgan fingerprint density at radius 3 is 1.43 bits per heavy atom. The minimum atomic E-state index is 1.00. The van der Waals surface area contributed by atoms with E-state index in [-0.39, 0.29) is 0 Å². The zero-order valence-electron chi connectivity index (χ0n) is 19.7. The minimum Gasteiger partial charge on any atom is -0.0885 e. The summed E-state index contributed by atoms with van der Waals surface area (Å²) >= 11 is 0. The van der Waals surface area contributed by atoms with Crippen LogP contribution in [0.4, 0.5) is 0 Å². The first-order chi connectivity index (χ1) is 13.8. The monoisotopic (exact) mass is 390 g/mol. The van der Waals surface area contributed by atoms with Crippen molar-refractivity contribution >= 4 is 0 Å². The molecule has 0 saturated carbocycles. The van der Waals surface area contributed by atoms with Crippen molar-refractivity contribution in [2.75, 3.05) is 0 Å². The van der Waals surface area contributed by atoms with Crippen LogP contribution in [0.15, 0.2) is 12.2 Å². The fraction of sp³-hybridized carbons (Fsp3) is 0.857. The fourth-order valence-electron chi connectivity index (χ4n) is 4.14. The second-order valence-corrected chi connectivity index (χ2v) is 8.94. The van der Waals surface area contributed by atoms with Gasteiger partial charge in [0.05, 0.1) is 0 Å². The molecule has 0 saturated heterocycles. The Bertz CT molecular complexity index is 290. The van der Waals surface area contributed by atoms with Crippen LogP contribution in [0.25, 0.3) is 0 Å². The van der Waals surface area contributed by atoms with Crippen LogP contribution in [0.2, 0.25) is 0 Å². The van der Waals surface area contributed by atoms with Gasteiger partial charge in [-0.25, -0.2) is 0 Å². The third-order valence-electron chi connectivity index (χ3n) is 6.10. The summed E-state index contributed by atoms with van der Waals surface area (Å²) in [6, 6.07) is 0. The molecule has 0 amide bonds. The van der Waals surface area contributed by atoms with Crippen molar-refractivity contribution in [3.8, 4) is 0 Å². The van der Waals surface area contributed by atoms with Crippen LogP contribution in [0, 0.1) is 19.8 Å². The topological polar surface area (TPSA) is 0 Å². The lowest BCUT2D eigenvalue weighted by molar-refractivity contribution is 0.374. The Kier molecular flexibility index (Phi) is 24.5. The fourth-order valence-corrected chi connectivity index (χ4v) is 4.14. The predicted octanol–water partition coefficient (Wildman–Crippen LogP) is 10.4. The van der Waals surface area contributed by atoms with Crippen LogP contribution in [-0.2, 0) is 0 Å². The summed E-state index contributed by atoms with van der Waals surface area (Å²) in [5.41, 5.74) is 0. The molecule has 1 atom stereocenters. The van der Waals surface area contributed by atoms with Crippen molar-refractivity contribution in [3.63, 3.8) is 0 Å². The molecule has 0 rings (SSSR count). The van der Waals surface area contributed by atoms with Gasteiger partial charge < -0.3 is 0 Å². The Morgan fingerprint density at radius 1 is 0.500 bits per heavy atom. The highest BCUT2D eigenvalue weighted by atomic mass is 14.1. The van der Waals surface area contributed by atoms with Gasteiger partial charge in [-0.05, 0) is 31.6 Å². The number of hydrogen-bond donors (Lipinski definition) is 0. The molecule has 28 heavy (non-hydrogen) atoms. The van der Waals surface area contributed by atoms with Crippen molar-refractivity contribution < 1.29 is 0 Å². The first kappa shape index (κ1) is 27.7. The summed E-state index contributed by atoms with van der Waals surface area (Å²) in [6.45, 7) is 10.2. The van der Waals surface area contributed by atoms with E-state index in [0.717, 1.165) is 18.8 Å². The van der Waals surface area contributed by atoms with Gasteiger partial charge >= 0.3 is 0 Å². The van der Waals surface area contributed by atoms with E-state index in [1.807, 2.05) is 0 Å². The number of hydrogen-bond acceptors (Lipinski definition) is 0. The van der Waals surface area contributed by atoms with Crippen LogP contribution >= 0.6 is 0 Å². The van der Waals surface area contributed by atoms with Crippen LogP contribution in [-0.4, -0.2) is 0 Å². The molecule has 166 valence electrons. The molecule has 0 fully saturated rings. The first-order valence-electron chi connectivity index (χ1n) is 13.1. The van der Waals surface area contributed by atoms with E-state index < -0.39 is 0 Å². The largest absolute Gasteiger partial charge is 0.0885 e. The first-order valence-corrected chi connectivity index (χ1v) is 13.1. The highest BCUT2D eigenvalue weighted by Crippen LogP contribution is 2.23. The third kappa shape index (κ3) is 22.0. The van der Waals surface area contributed by atoms with Gasteiger partial charge in [0.25, 0.3) is 0 Å². The van der Waals surface area contributed by atoms with Gasteiger partial charge in [-0.3, -0.25) is 0 Å². The van der Waals surface area contributed by atoms with Crippen molar-refractivity contribution in [1.29, 1.82) is 0 Å². The maximum Gasteiger partial charge on any atom is -0.0351 e. The van der Waals surface area contributed by atoms with Gasteiger partial charge in [-0.15, -0.1) is 0 Å². The summed E-state index contributed by atoms with van der Waals surface area (Å²) in [4.78, 5) is 0. The van der Waals surface area contributed by atoms with Gasteiger partial charge in [-0.1, -0.05) is 148 Å². The second-order valence-electron chi connectivity index (χ2n) is 8.94. The molecule has 2 radical (unpaired) electrons. The summed E-state index contributed by atoms with van der Waals surface area (Å²) < 4.78 is 0. The lowest BCUT2D eigenvalue weighted by Crippen LogP contribution is -2.01. The highest BCUT2D eigenvalue weighted by molar-refractivity contribution is 4.81. The number of unbranched alkanes of at least 4 members (excludes halogenated alkanes) is 15. The predicted molar refractivity (Wildman–Crippen MR) is 131 cm³/mol. The zero-order chi connectivity index (χ0) is 20.5. The van der Waals surface area contributed by atoms with Crippen molar-refractivity contribution in [2.24, 2.45) is 5.92 Å². The standard InChI is InChI=1S/C28H54/c1-4-7-10-12-14-15-16-17-18-19-20-22-24-27-28(25-9-6-3)26-23-21-13-11-8-5-2/h18-19,28H,1-2,4-17,20-27H2,3H3. The Labute approximate surface area is 180 Å². The third-order valence-corrected chi connectivity index (χ3v) is 6.10. The molecule has 0 aliphatic carbocycles. The van der Waals surface area contributed by atoms with Crippen LogP contribution < -0.4 is 0 Å². The van der Waals surface area contributed by atoms with Crippen molar-refractivity contribution in [1.82, 2.24) is 0 Å². The lowest BCUT2D eigenvalue weighted by Gasteiger charge is -2.16. The minimum absolute atomic E-state index is 1.00. The van der Waals surface area contributed by atoms with E-state index in [1.54, 1.807) is 0 Å². The Morgan fingerprint density at radius 2 is 0.893 bits per heavy atom. The molecule has 0 aromatic carbocycles. The molecule has 0 N–H and O–H groups in total. The van der Waals surface area contributed by atoms with Crippen LogP contribution in [0.5, 0.6) is 0 Å². The molecule has 0 nitrogen and oxygen atoms in total. The van der Waals surface area contributed by atoms with Gasteiger partial charge in [0.15, 0.2) is 0 Å². The highest BCUT2D eigenvalue weighted by Gasteiger charge is 2.07. The van der Waals surface area contributed by atoms with Gasteiger partial charge in [0.2, 0.25) is 0 Å². The van der Waals surface area contributed by atoms with Gasteiger partial charge in [0.1, 0.15) is 0 Å². The maximum absolute atomic E-state index is 3.94. The van der Waals surface area contributed by atoms with Crippen molar-refractivity contribution in [3.05, 3.63) is 26.0 Å². The second kappa shape index (κ2) is 24.8. The van der Waals surface area contributed by atoms with Crippen LogP contribution in [0.3, 0.4) is 0 Å². The Balaban J connectivity index is 3.56. The number of allylic oxidation sites excluding steroid dienone is 2. The van der Waals surface area contributed by atoms with Gasteiger partial charge in [-0.2, -0.15) is 0 Å². The van der Waals surface area contributed by atoms with E-state index in [0.29, 0.717) is 0 Å². The quantitative estimate of drug-likeness (QED) is 0.120. The molecule has 0 aromatic rings. The molecule has 1 unspecified atom stereocenters. The van der Waals surface area contributed by atoms with E-state index in [4.69, 9.17) is 0 Å². The summed E-state index contributed by atoms with van der Waals surface area (Å²) in [5.74, 6) is 1.00. The maximum atomic E-state index is 3.94. The molecule has 0 spiro atoms. The SMILES string of the molecule is [CH2]CCCCCCCCC=CCCCCC(CCCC)CCCCCCC[CH2]. The summed E-state index contributed by atoms with van der Waals surface area (Å²) in [6.07, 6.45) is 35.1. The van der Waals surface area contributed by atoms with E-state index in [9.17, 15) is 0 Å². The normalized spacial score (nSPS) is 12.8. The molecular weight excluding hydrogens is 336 g/mol. The molecule has 0 bridgehead atoms. The summed E-state index contributed by atoms with van der Waals surface area (Å²) in [5, 5.41) is 0.